The number of hydrogen-bond acceptors (Lipinski definition) is 6. The first-order chi connectivity index (χ1) is 31.0. The van der Waals surface area contributed by atoms with E-state index in [0.717, 1.165) is 83.5 Å². The summed E-state index contributed by atoms with van der Waals surface area (Å²) < 4.78 is 16.8. The molecule has 6 heteroatoms. The molecule has 0 aromatic heterocycles. The first-order valence-electron chi connectivity index (χ1n) is 26.8. The number of unbranched alkanes of at least 4 members (excludes halogenated alkanes) is 27. The van der Waals surface area contributed by atoms with Crippen LogP contribution in [0.25, 0.3) is 0 Å². The Hall–Kier alpha value is -2.89. The molecule has 6 nitrogen and oxygen atoms in total. The first kappa shape index (κ1) is 60.1. The second-order valence-electron chi connectivity index (χ2n) is 17.8. The largest absolute Gasteiger partial charge is 0.462 e. The summed E-state index contributed by atoms with van der Waals surface area (Å²) in [4.78, 5) is 38.0. The van der Waals surface area contributed by atoms with Crippen molar-refractivity contribution in [1.82, 2.24) is 0 Å². The van der Waals surface area contributed by atoms with Crippen molar-refractivity contribution in [3.8, 4) is 0 Å². The summed E-state index contributed by atoms with van der Waals surface area (Å²) >= 11 is 0. The topological polar surface area (TPSA) is 78.9 Å². The van der Waals surface area contributed by atoms with Crippen LogP contribution in [0, 0.1) is 0 Å². The van der Waals surface area contributed by atoms with Crippen LogP contribution < -0.4 is 0 Å². The SMILES string of the molecule is CCCC/C=C\CCCCCCCC(=O)O[C@H](COC(=O)CCCC/C=C\C/C=C\C/C=C\CCCCC)COC(=O)CCCCCCCCCCC/C=C\CCCCCCCC. The van der Waals surface area contributed by atoms with Gasteiger partial charge in [0, 0.05) is 19.3 Å². The van der Waals surface area contributed by atoms with E-state index in [1.807, 2.05) is 0 Å². The van der Waals surface area contributed by atoms with Crippen LogP contribution in [0.5, 0.6) is 0 Å². The van der Waals surface area contributed by atoms with Gasteiger partial charge in [0.25, 0.3) is 0 Å². The molecular weight excluding hydrogens is 781 g/mol. The van der Waals surface area contributed by atoms with Crippen molar-refractivity contribution >= 4 is 17.9 Å². The zero-order valence-electron chi connectivity index (χ0n) is 41.6. The molecule has 0 aliphatic rings. The highest BCUT2D eigenvalue weighted by molar-refractivity contribution is 5.71. The summed E-state index contributed by atoms with van der Waals surface area (Å²) in [7, 11) is 0. The Labute approximate surface area is 390 Å². The van der Waals surface area contributed by atoms with E-state index in [9.17, 15) is 14.4 Å². The third-order valence-corrected chi connectivity index (χ3v) is 11.5. The highest BCUT2D eigenvalue weighted by Gasteiger charge is 2.19. The van der Waals surface area contributed by atoms with E-state index in [1.54, 1.807) is 0 Å². The maximum Gasteiger partial charge on any atom is 0.306 e. The molecule has 0 heterocycles. The molecule has 0 aromatic rings. The highest BCUT2D eigenvalue weighted by atomic mass is 16.6. The molecule has 0 saturated heterocycles. The molecule has 0 saturated carbocycles. The van der Waals surface area contributed by atoms with Gasteiger partial charge in [0.15, 0.2) is 6.10 Å². The van der Waals surface area contributed by atoms with Crippen molar-refractivity contribution in [3.05, 3.63) is 60.8 Å². The van der Waals surface area contributed by atoms with E-state index in [-0.39, 0.29) is 31.1 Å². The minimum absolute atomic E-state index is 0.0902. The third kappa shape index (κ3) is 50.0. The monoisotopic (exact) mass is 881 g/mol. The van der Waals surface area contributed by atoms with Gasteiger partial charge in [-0.05, 0) is 103 Å². The van der Waals surface area contributed by atoms with Gasteiger partial charge in [0.2, 0.25) is 0 Å². The lowest BCUT2D eigenvalue weighted by atomic mass is 10.1. The second-order valence-corrected chi connectivity index (χ2v) is 17.8. The lowest BCUT2D eigenvalue weighted by molar-refractivity contribution is -0.167. The second kappa shape index (κ2) is 51.7. The van der Waals surface area contributed by atoms with Gasteiger partial charge < -0.3 is 14.2 Å². The van der Waals surface area contributed by atoms with E-state index in [1.165, 1.54) is 141 Å². The summed E-state index contributed by atoms with van der Waals surface area (Å²) in [6.45, 7) is 6.53. The molecule has 364 valence electrons. The van der Waals surface area contributed by atoms with Crippen molar-refractivity contribution in [2.45, 2.75) is 271 Å². The summed E-state index contributed by atoms with van der Waals surface area (Å²) in [5, 5.41) is 0. The van der Waals surface area contributed by atoms with Gasteiger partial charge in [-0.2, -0.15) is 0 Å². The number of esters is 3. The predicted octanol–water partition coefficient (Wildman–Crippen LogP) is 17.6. The predicted molar refractivity (Wildman–Crippen MR) is 270 cm³/mol. The molecule has 0 bridgehead atoms. The zero-order chi connectivity index (χ0) is 45.8. The van der Waals surface area contributed by atoms with Crippen LogP contribution in [-0.4, -0.2) is 37.2 Å². The van der Waals surface area contributed by atoms with Gasteiger partial charge in [0.05, 0.1) is 0 Å². The number of rotatable bonds is 48. The lowest BCUT2D eigenvalue weighted by Gasteiger charge is -2.18. The maximum atomic E-state index is 12.8. The zero-order valence-corrected chi connectivity index (χ0v) is 41.6. The molecule has 0 fully saturated rings. The van der Waals surface area contributed by atoms with E-state index >= 15 is 0 Å². The molecule has 0 spiro atoms. The molecule has 0 aromatic carbocycles. The first-order valence-corrected chi connectivity index (χ1v) is 26.8. The van der Waals surface area contributed by atoms with Gasteiger partial charge >= 0.3 is 17.9 Å². The van der Waals surface area contributed by atoms with E-state index in [0.29, 0.717) is 19.3 Å². The fourth-order valence-corrected chi connectivity index (χ4v) is 7.37. The van der Waals surface area contributed by atoms with Crippen molar-refractivity contribution in [2.75, 3.05) is 13.2 Å². The van der Waals surface area contributed by atoms with Crippen molar-refractivity contribution < 1.29 is 28.6 Å². The molecule has 1 atom stereocenters. The maximum absolute atomic E-state index is 12.8. The number of carbonyl (C=O) groups is 3. The van der Waals surface area contributed by atoms with Crippen molar-refractivity contribution in [1.29, 1.82) is 0 Å². The summed E-state index contributed by atoms with van der Waals surface area (Å²) in [6.07, 6.45) is 63.5. The number of carbonyl (C=O) groups excluding carboxylic acids is 3. The van der Waals surface area contributed by atoms with Gasteiger partial charge in [0.1, 0.15) is 13.2 Å². The van der Waals surface area contributed by atoms with E-state index in [4.69, 9.17) is 14.2 Å². The smallest absolute Gasteiger partial charge is 0.306 e. The average molecular weight is 881 g/mol. The molecular formula is C57H100O6. The van der Waals surface area contributed by atoms with Gasteiger partial charge in [-0.3, -0.25) is 14.4 Å². The lowest BCUT2D eigenvalue weighted by Crippen LogP contribution is -2.30. The molecule has 0 radical (unpaired) electrons. The normalized spacial score (nSPS) is 12.5. The number of ether oxygens (including phenoxy) is 3. The standard InChI is InChI=1S/C57H100O6/c1-4-7-10-13-16-19-22-24-26-27-28-29-31-33-36-38-41-44-47-50-56(59)62-53-54(63-57(60)51-48-45-42-39-34-21-18-15-12-9-6-3)52-61-55(58)49-46-43-40-37-35-32-30-25-23-20-17-14-11-8-5-2/h15,17-18,20,24-26,30,35,37,54H,4-14,16,19,21-23,27-29,31-34,36,38-53H2,1-3H3/b18-15-,20-17-,26-24-,30-25-,37-35-/t54-/m1/s1. The average Bonchev–Trinajstić information content (AvgIpc) is 3.28. The molecule has 63 heavy (non-hydrogen) atoms. The Morgan fingerprint density at radius 2 is 0.587 bits per heavy atom. The molecule has 0 amide bonds. The Morgan fingerprint density at radius 3 is 1.02 bits per heavy atom. The summed E-state index contributed by atoms with van der Waals surface area (Å²) in [6, 6.07) is 0. The van der Waals surface area contributed by atoms with Crippen LogP contribution >= 0.6 is 0 Å². The van der Waals surface area contributed by atoms with E-state index in [2.05, 4.69) is 81.5 Å². The quantitative estimate of drug-likeness (QED) is 0.0262. The number of hydrogen-bond donors (Lipinski definition) is 0. The minimum atomic E-state index is -0.793. The Morgan fingerprint density at radius 1 is 0.317 bits per heavy atom. The Kier molecular flexibility index (Phi) is 49.4. The van der Waals surface area contributed by atoms with Crippen LogP contribution in [0.3, 0.4) is 0 Å². The fourth-order valence-electron chi connectivity index (χ4n) is 7.37. The van der Waals surface area contributed by atoms with Gasteiger partial charge in [-0.15, -0.1) is 0 Å². The highest BCUT2D eigenvalue weighted by Crippen LogP contribution is 2.14. The van der Waals surface area contributed by atoms with Gasteiger partial charge in [-0.25, -0.2) is 0 Å². The Balaban J connectivity index is 4.37. The summed E-state index contributed by atoms with van der Waals surface area (Å²) in [5.74, 6) is -0.938. The van der Waals surface area contributed by atoms with Crippen LogP contribution in [0.1, 0.15) is 265 Å². The minimum Gasteiger partial charge on any atom is -0.462 e. The van der Waals surface area contributed by atoms with Crippen LogP contribution in [0.15, 0.2) is 60.8 Å². The van der Waals surface area contributed by atoms with Crippen LogP contribution in [0.4, 0.5) is 0 Å². The molecule has 0 unspecified atom stereocenters. The van der Waals surface area contributed by atoms with Crippen molar-refractivity contribution in [3.63, 3.8) is 0 Å². The van der Waals surface area contributed by atoms with E-state index < -0.39 is 6.10 Å². The Bertz CT molecular complexity index is 1150. The molecule has 0 aliphatic carbocycles. The third-order valence-electron chi connectivity index (χ3n) is 11.5. The van der Waals surface area contributed by atoms with Crippen molar-refractivity contribution in [2.24, 2.45) is 0 Å². The number of allylic oxidation sites excluding steroid dienone is 10. The molecule has 0 rings (SSSR count). The van der Waals surface area contributed by atoms with Crippen LogP contribution in [0.2, 0.25) is 0 Å². The molecule has 0 N–H and O–H groups in total. The summed E-state index contributed by atoms with van der Waals surface area (Å²) in [5.41, 5.74) is 0. The molecule has 0 aliphatic heterocycles. The fraction of sp³-hybridized carbons (Fsp3) is 0.772. The van der Waals surface area contributed by atoms with Gasteiger partial charge in [-0.1, -0.05) is 204 Å². The van der Waals surface area contributed by atoms with Crippen LogP contribution in [-0.2, 0) is 28.6 Å².